The molecule has 0 unspecified atom stereocenters. The molecule has 0 radical (unpaired) electrons. The summed E-state index contributed by atoms with van der Waals surface area (Å²) in [5.74, 6) is -0.645. The Morgan fingerprint density at radius 1 is 1.12 bits per heavy atom. The van der Waals surface area contributed by atoms with Crippen LogP contribution in [0.15, 0.2) is 57.9 Å². The largest absolute Gasteiger partial charge is 0.438 e. The SMILES string of the molecule is CNc1ccc(N=c2oc3ccc(NO)cc3cc2C(N)=O)cc1. The van der Waals surface area contributed by atoms with Gasteiger partial charge in [0.25, 0.3) is 5.91 Å². The second kappa shape index (κ2) is 6.43. The molecule has 0 aliphatic carbocycles. The zero-order valence-corrected chi connectivity index (χ0v) is 12.9. The van der Waals surface area contributed by atoms with Crippen molar-refractivity contribution in [1.82, 2.24) is 0 Å². The molecule has 0 saturated heterocycles. The van der Waals surface area contributed by atoms with E-state index < -0.39 is 5.91 Å². The first-order chi connectivity index (χ1) is 11.6. The molecule has 0 aliphatic rings. The molecule has 3 aromatic rings. The smallest absolute Gasteiger partial charge is 0.254 e. The third kappa shape index (κ3) is 3.06. The number of anilines is 2. The standard InChI is InChI=1S/C17H16N4O3/c1-19-11-2-4-12(5-3-11)20-17-14(16(18)22)9-10-8-13(21-23)6-7-15(10)24-17/h2-9,19,21,23H,1H3,(H2,18,22). The average molecular weight is 324 g/mol. The van der Waals surface area contributed by atoms with Gasteiger partial charge in [-0.3, -0.25) is 15.5 Å². The second-order valence-corrected chi connectivity index (χ2v) is 5.10. The van der Waals surface area contributed by atoms with Crippen LogP contribution in [0.25, 0.3) is 11.0 Å². The Morgan fingerprint density at radius 3 is 2.46 bits per heavy atom. The number of benzene rings is 2. The highest BCUT2D eigenvalue weighted by atomic mass is 16.5. The zero-order chi connectivity index (χ0) is 17.1. The lowest BCUT2D eigenvalue weighted by Gasteiger charge is -2.04. The van der Waals surface area contributed by atoms with Crippen molar-refractivity contribution in [1.29, 1.82) is 0 Å². The number of nitrogens with zero attached hydrogens (tertiary/aromatic N) is 1. The van der Waals surface area contributed by atoms with E-state index in [4.69, 9.17) is 15.4 Å². The highest BCUT2D eigenvalue weighted by molar-refractivity contribution is 5.95. The number of hydrogen-bond donors (Lipinski definition) is 4. The first-order valence-corrected chi connectivity index (χ1v) is 7.21. The number of hydrogen-bond acceptors (Lipinski definition) is 6. The van der Waals surface area contributed by atoms with Gasteiger partial charge in [0.1, 0.15) is 11.1 Å². The summed E-state index contributed by atoms with van der Waals surface area (Å²) in [6.07, 6.45) is 0. The predicted octanol–water partition coefficient (Wildman–Crippen LogP) is 2.61. The first-order valence-electron chi connectivity index (χ1n) is 7.21. The lowest BCUT2D eigenvalue weighted by molar-refractivity contribution is 0.0996. The van der Waals surface area contributed by atoms with E-state index in [0.717, 1.165) is 5.69 Å². The van der Waals surface area contributed by atoms with Crippen molar-refractivity contribution < 1.29 is 14.4 Å². The fourth-order valence-electron chi connectivity index (χ4n) is 2.28. The highest BCUT2D eigenvalue weighted by Crippen LogP contribution is 2.20. The lowest BCUT2D eigenvalue weighted by atomic mass is 10.1. The Kier molecular flexibility index (Phi) is 4.17. The van der Waals surface area contributed by atoms with E-state index in [1.165, 1.54) is 0 Å². The van der Waals surface area contributed by atoms with Crippen LogP contribution >= 0.6 is 0 Å². The van der Waals surface area contributed by atoms with E-state index in [2.05, 4.69) is 10.3 Å². The van der Waals surface area contributed by atoms with Gasteiger partial charge in [-0.2, -0.15) is 0 Å². The average Bonchev–Trinajstić information content (AvgIpc) is 2.61. The predicted molar refractivity (Wildman–Crippen MR) is 91.4 cm³/mol. The Bertz CT molecular complexity index is 962. The molecule has 2 aromatic carbocycles. The summed E-state index contributed by atoms with van der Waals surface area (Å²) in [5.41, 5.74) is 10.4. The highest BCUT2D eigenvalue weighted by Gasteiger charge is 2.10. The van der Waals surface area contributed by atoms with Crippen LogP contribution in [0, 0.1) is 0 Å². The van der Waals surface area contributed by atoms with Gasteiger partial charge in [0.2, 0.25) is 5.55 Å². The summed E-state index contributed by atoms with van der Waals surface area (Å²) in [6.45, 7) is 0. The van der Waals surface area contributed by atoms with E-state index in [0.29, 0.717) is 22.3 Å². The summed E-state index contributed by atoms with van der Waals surface area (Å²) in [4.78, 5) is 16.1. The van der Waals surface area contributed by atoms with Gasteiger partial charge in [-0.1, -0.05) is 0 Å². The minimum atomic E-state index is -0.645. The van der Waals surface area contributed by atoms with Gasteiger partial charge in [0.05, 0.1) is 11.4 Å². The molecule has 7 nitrogen and oxygen atoms in total. The number of nitrogens with one attached hydrogen (secondary N) is 2. The van der Waals surface area contributed by atoms with Crippen LogP contribution in [0.5, 0.6) is 0 Å². The fraction of sp³-hybridized carbons (Fsp3) is 0.0588. The third-order valence-corrected chi connectivity index (χ3v) is 3.53. The van der Waals surface area contributed by atoms with Gasteiger partial charge in [0.15, 0.2) is 0 Å². The van der Waals surface area contributed by atoms with Crippen molar-refractivity contribution in [2.75, 3.05) is 17.8 Å². The number of nitrogens with two attached hydrogens (primary N) is 1. The Hall–Kier alpha value is -3.32. The Balaban J connectivity index is 2.19. The molecule has 0 atom stereocenters. The molecule has 3 rings (SSSR count). The van der Waals surface area contributed by atoms with Crippen LogP contribution in [0.1, 0.15) is 10.4 Å². The Labute approximate surface area is 137 Å². The topological polar surface area (TPSA) is 113 Å². The zero-order valence-electron chi connectivity index (χ0n) is 12.9. The molecular formula is C17H16N4O3. The van der Waals surface area contributed by atoms with Gasteiger partial charge in [0, 0.05) is 18.1 Å². The number of carbonyl (C=O) groups is 1. The number of primary amides is 1. The lowest BCUT2D eigenvalue weighted by Crippen LogP contribution is -2.21. The van der Waals surface area contributed by atoms with Gasteiger partial charge in [-0.05, 0) is 48.5 Å². The molecular weight excluding hydrogens is 308 g/mol. The van der Waals surface area contributed by atoms with Gasteiger partial charge >= 0.3 is 0 Å². The molecule has 24 heavy (non-hydrogen) atoms. The molecule has 1 heterocycles. The van der Waals surface area contributed by atoms with Crippen molar-refractivity contribution in [2.45, 2.75) is 0 Å². The maximum atomic E-state index is 11.7. The minimum Gasteiger partial charge on any atom is -0.438 e. The first kappa shape index (κ1) is 15.6. The van der Waals surface area contributed by atoms with Gasteiger partial charge < -0.3 is 15.5 Å². The molecule has 0 aliphatic heterocycles. The Morgan fingerprint density at radius 2 is 1.83 bits per heavy atom. The third-order valence-electron chi connectivity index (χ3n) is 3.53. The van der Waals surface area contributed by atoms with Crippen LogP contribution in [0.3, 0.4) is 0 Å². The van der Waals surface area contributed by atoms with E-state index in [1.807, 2.05) is 24.7 Å². The number of carbonyl (C=O) groups excluding carboxylic acids is 1. The molecule has 122 valence electrons. The van der Waals surface area contributed by atoms with Crippen LogP contribution in [0.2, 0.25) is 0 Å². The summed E-state index contributed by atoms with van der Waals surface area (Å²) in [5, 5.41) is 12.6. The maximum absolute atomic E-state index is 11.7. The van der Waals surface area contributed by atoms with Crippen molar-refractivity contribution in [3.8, 4) is 0 Å². The summed E-state index contributed by atoms with van der Waals surface area (Å²) in [6, 6.07) is 13.9. The summed E-state index contributed by atoms with van der Waals surface area (Å²) >= 11 is 0. The second-order valence-electron chi connectivity index (χ2n) is 5.10. The van der Waals surface area contributed by atoms with E-state index in [-0.39, 0.29) is 11.1 Å². The van der Waals surface area contributed by atoms with E-state index in [1.54, 1.807) is 36.4 Å². The molecule has 0 fully saturated rings. The number of amides is 1. The monoisotopic (exact) mass is 324 g/mol. The van der Waals surface area contributed by atoms with E-state index >= 15 is 0 Å². The molecule has 0 spiro atoms. The minimum absolute atomic E-state index is 0.136. The molecule has 1 amide bonds. The maximum Gasteiger partial charge on any atom is 0.254 e. The summed E-state index contributed by atoms with van der Waals surface area (Å²) in [7, 11) is 1.82. The normalized spacial score (nSPS) is 11.5. The van der Waals surface area contributed by atoms with Gasteiger partial charge in [-0.25, -0.2) is 4.99 Å². The van der Waals surface area contributed by atoms with Gasteiger partial charge in [-0.15, -0.1) is 0 Å². The van der Waals surface area contributed by atoms with Crippen molar-refractivity contribution in [2.24, 2.45) is 10.7 Å². The van der Waals surface area contributed by atoms with Crippen LogP contribution in [-0.2, 0) is 0 Å². The molecule has 7 heteroatoms. The molecule has 0 saturated carbocycles. The van der Waals surface area contributed by atoms with E-state index in [9.17, 15) is 4.79 Å². The molecule has 5 N–H and O–H groups in total. The number of rotatable bonds is 4. The van der Waals surface area contributed by atoms with Crippen molar-refractivity contribution in [3.05, 3.63) is 59.6 Å². The van der Waals surface area contributed by atoms with Crippen LogP contribution in [-0.4, -0.2) is 18.2 Å². The van der Waals surface area contributed by atoms with Crippen LogP contribution < -0.4 is 22.1 Å². The quantitative estimate of drug-likeness (QED) is 0.551. The van der Waals surface area contributed by atoms with Crippen molar-refractivity contribution >= 4 is 33.9 Å². The van der Waals surface area contributed by atoms with Crippen molar-refractivity contribution in [3.63, 3.8) is 0 Å². The molecule has 1 aromatic heterocycles. The summed E-state index contributed by atoms with van der Waals surface area (Å²) < 4.78 is 5.72. The molecule has 0 bridgehead atoms. The fourth-order valence-corrected chi connectivity index (χ4v) is 2.28. The van der Waals surface area contributed by atoms with Crippen LogP contribution in [0.4, 0.5) is 17.1 Å². The number of fused-ring (bicyclic) bond motifs is 1.